The summed E-state index contributed by atoms with van der Waals surface area (Å²) in [6.07, 6.45) is 5.89. The van der Waals surface area contributed by atoms with Crippen LogP contribution >= 0.6 is 0 Å². The molecule has 0 aliphatic heterocycles. The van der Waals surface area contributed by atoms with Gasteiger partial charge in [-0.15, -0.1) is 0 Å². The Kier molecular flexibility index (Phi) is 6.96. The van der Waals surface area contributed by atoms with Crippen molar-refractivity contribution in [2.24, 2.45) is 0 Å². The van der Waals surface area contributed by atoms with Crippen LogP contribution in [0.2, 0.25) is 0 Å². The van der Waals surface area contributed by atoms with Gasteiger partial charge in [-0.1, -0.05) is 64.3 Å². The zero-order chi connectivity index (χ0) is 21.7. The topological polar surface area (TPSA) is 49.4 Å². The highest BCUT2D eigenvalue weighted by Crippen LogP contribution is 2.23. The highest BCUT2D eigenvalue weighted by atomic mass is 16.2. The van der Waals surface area contributed by atoms with Gasteiger partial charge in [0.05, 0.1) is 0 Å². The average molecular weight is 407 g/mol. The number of nitrogens with one attached hydrogen (secondary N) is 1. The maximum atomic E-state index is 12.8. The molecular weight excluding hydrogens is 372 g/mol. The van der Waals surface area contributed by atoms with E-state index >= 15 is 0 Å². The van der Waals surface area contributed by atoms with Gasteiger partial charge in [0.25, 0.3) is 11.8 Å². The summed E-state index contributed by atoms with van der Waals surface area (Å²) in [5, 5.41) is 2.96. The van der Waals surface area contributed by atoms with Gasteiger partial charge in [-0.05, 0) is 53.6 Å². The van der Waals surface area contributed by atoms with Crippen LogP contribution in [-0.2, 0) is 12.0 Å². The van der Waals surface area contributed by atoms with Gasteiger partial charge in [-0.2, -0.15) is 0 Å². The van der Waals surface area contributed by atoms with E-state index in [1.807, 2.05) is 60.5 Å². The Morgan fingerprint density at radius 2 is 1.47 bits per heavy atom. The maximum absolute atomic E-state index is 12.8. The first-order valence-corrected chi connectivity index (χ1v) is 11.0. The highest BCUT2D eigenvalue weighted by Gasteiger charge is 2.22. The van der Waals surface area contributed by atoms with Crippen molar-refractivity contribution in [3.63, 3.8) is 0 Å². The number of rotatable bonds is 5. The molecule has 0 saturated heterocycles. The van der Waals surface area contributed by atoms with Gasteiger partial charge >= 0.3 is 0 Å². The SMILES string of the molecule is CN(C(=O)c1ccc(CNC(=O)c2ccc(C(C)(C)C)cc2)cc1)C1CCCCC1. The van der Waals surface area contributed by atoms with Gasteiger partial charge in [0.2, 0.25) is 0 Å². The minimum absolute atomic E-state index is 0.0687. The second-order valence-corrected chi connectivity index (χ2v) is 9.41. The smallest absolute Gasteiger partial charge is 0.253 e. The quantitative estimate of drug-likeness (QED) is 0.731. The molecule has 0 heterocycles. The molecule has 1 saturated carbocycles. The highest BCUT2D eigenvalue weighted by molar-refractivity contribution is 5.95. The Hall–Kier alpha value is -2.62. The van der Waals surface area contributed by atoms with Gasteiger partial charge in [-0.25, -0.2) is 0 Å². The first-order valence-electron chi connectivity index (χ1n) is 11.0. The minimum atomic E-state index is -0.0901. The molecular formula is C26H34N2O2. The molecule has 0 radical (unpaired) electrons. The lowest BCUT2D eigenvalue weighted by molar-refractivity contribution is 0.0696. The van der Waals surface area contributed by atoms with E-state index in [9.17, 15) is 9.59 Å². The van der Waals surface area contributed by atoms with E-state index in [1.165, 1.54) is 24.8 Å². The largest absolute Gasteiger partial charge is 0.348 e. The zero-order valence-corrected chi connectivity index (χ0v) is 18.7. The molecule has 1 aliphatic rings. The van der Waals surface area contributed by atoms with Crippen molar-refractivity contribution in [2.75, 3.05) is 7.05 Å². The molecule has 2 aromatic carbocycles. The van der Waals surface area contributed by atoms with Crippen LogP contribution in [0, 0.1) is 0 Å². The molecule has 2 amide bonds. The predicted molar refractivity (Wildman–Crippen MR) is 122 cm³/mol. The van der Waals surface area contributed by atoms with Crippen LogP contribution in [0.25, 0.3) is 0 Å². The summed E-state index contributed by atoms with van der Waals surface area (Å²) in [6, 6.07) is 15.7. The van der Waals surface area contributed by atoms with Crippen LogP contribution in [0.1, 0.15) is 84.7 Å². The maximum Gasteiger partial charge on any atom is 0.253 e. The number of hydrogen-bond acceptors (Lipinski definition) is 2. The Bertz CT molecular complexity index is 857. The second kappa shape index (κ2) is 9.46. The normalized spacial score (nSPS) is 14.9. The fourth-order valence-electron chi connectivity index (χ4n) is 4.01. The van der Waals surface area contributed by atoms with Crippen molar-refractivity contribution < 1.29 is 9.59 Å². The van der Waals surface area contributed by atoms with Crippen LogP contribution in [0.15, 0.2) is 48.5 Å². The average Bonchev–Trinajstić information content (AvgIpc) is 2.77. The van der Waals surface area contributed by atoms with Crippen LogP contribution in [0.3, 0.4) is 0 Å². The lowest BCUT2D eigenvalue weighted by Gasteiger charge is -2.31. The van der Waals surface area contributed by atoms with Crippen molar-refractivity contribution in [1.82, 2.24) is 10.2 Å². The van der Waals surface area contributed by atoms with E-state index in [2.05, 4.69) is 26.1 Å². The number of amides is 2. The van der Waals surface area contributed by atoms with Crippen molar-refractivity contribution in [2.45, 2.75) is 70.9 Å². The molecule has 0 atom stereocenters. The first kappa shape index (κ1) is 22.1. The molecule has 1 aliphatic carbocycles. The van der Waals surface area contributed by atoms with Crippen LogP contribution in [0.4, 0.5) is 0 Å². The van der Waals surface area contributed by atoms with Crippen LogP contribution in [0.5, 0.6) is 0 Å². The molecule has 2 aromatic rings. The lowest BCUT2D eigenvalue weighted by atomic mass is 9.87. The standard InChI is InChI=1S/C26H34N2O2/c1-26(2,3)22-16-14-20(15-17-22)24(29)27-18-19-10-12-21(13-11-19)25(30)28(4)23-8-6-5-7-9-23/h10-17,23H,5-9,18H2,1-4H3,(H,27,29). The molecule has 0 bridgehead atoms. The van der Waals surface area contributed by atoms with E-state index in [0.717, 1.165) is 18.4 Å². The molecule has 30 heavy (non-hydrogen) atoms. The zero-order valence-electron chi connectivity index (χ0n) is 18.7. The van der Waals surface area contributed by atoms with E-state index in [0.29, 0.717) is 23.7 Å². The molecule has 160 valence electrons. The van der Waals surface area contributed by atoms with E-state index in [-0.39, 0.29) is 17.2 Å². The van der Waals surface area contributed by atoms with Crippen molar-refractivity contribution in [3.05, 3.63) is 70.8 Å². The molecule has 1 fully saturated rings. The number of benzene rings is 2. The lowest BCUT2D eigenvalue weighted by Crippen LogP contribution is -2.38. The fraction of sp³-hybridized carbons (Fsp3) is 0.462. The fourth-order valence-corrected chi connectivity index (χ4v) is 4.01. The third-order valence-electron chi connectivity index (χ3n) is 6.11. The van der Waals surface area contributed by atoms with Crippen LogP contribution < -0.4 is 5.32 Å². The van der Waals surface area contributed by atoms with E-state index in [1.54, 1.807) is 0 Å². The number of carbonyl (C=O) groups is 2. The Morgan fingerprint density at radius 1 is 0.900 bits per heavy atom. The summed E-state index contributed by atoms with van der Waals surface area (Å²) >= 11 is 0. The molecule has 4 nitrogen and oxygen atoms in total. The Balaban J connectivity index is 1.55. The van der Waals surface area contributed by atoms with Crippen molar-refractivity contribution in [1.29, 1.82) is 0 Å². The summed E-state index contributed by atoms with van der Waals surface area (Å²) in [5.41, 5.74) is 3.61. The molecule has 3 rings (SSSR count). The first-order chi connectivity index (χ1) is 14.3. The summed E-state index contributed by atoms with van der Waals surface area (Å²) in [7, 11) is 1.91. The third kappa shape index (κ3) is 5.50. The van der Waals surface area contributed by atoms with E-state index < -0.39 is 0 Å². The van der Waals surface area contributed by atoms with Crippen LogP contribution in [-0.4, -0.2) is 29.8 Å². The number of carbonyl (C=O) groups excluding carboxylic acids is 2. The molecule has 1 N–H and O–H groups in total. The van der Waals surface area contributed by atoms with E-state index in [4.69, 9.17) is 0 Å². The van der Waals surface area contributed by atoms with Gasteiger partial charge in [0.15, 0.2) is 0 Å². The number of nitrogens with zero attached hydrogens (tertiary/aromatic N) is 1. The summed E-state index contributed by atoms with van der Waals surface area (Å²) in [5.74, 6) is -0.0101. The molecule has 0 aromatic heterocycles. The predicted octanol–water partition coefficient (Wildman–Crippen LogP) is 5.32. The van der Waals surface area contributed by atoms with Gasteiger partial charge < -0.3 is 10.2 Å². The second-order valence-electron chi connectivity index (χ2n) is 9.41. The minimum Gasteiger partial charge on any atom is -0.348 e. The summed E-state index contributed by atoms with van der Waals surface area (Å²) < 4.78 is 0. The summed E-state index contributed by atoms with van der Waals surface area (Å²) in [4.78, 5) is 27.1. The van der Waals surface area contributed by atoms with Crippen molar-refractivity contribution >= 4 is 11.8 Å². The monoisotopic (exact) mass is 406 g/mol. The third-order valence-corrected chi connectivity index (χ3v) is 6.11. The molecule has 4 heteroatoms. The summed E-state index contributed by atoms with van der Waals surface area (Å²) in [6.45, 7) is 6.91. The van der Waals surface area contributed by atoms with Gasteiger partial charge in [0, 0.05) is 30.8 Å². The van der Waals surface area contributed by atoms with Gasteiger partial charge in [-0.3, -0.25) is 9.59 Å². The molecule has 0 spiro atoms. The van der Waals surface area contributed by atoms with Gasteiger partial charge in [0.1, 0.15) is 0 Å². The molecule has 0 unspecified atom stereocenters. The Labute approximate surface area is 180 Å². The number of hydrogen-bond donors (Lipinski definition) is 1. The van der Waals surface area contributed by atoms with Crippen molar-refractivity contribution in [3.8, 4) is 0 Å². The Morgan fingerprint density at radius 3 is 2.03 bits per heavy atom.